The number of rotatable bonds is 2. The molecule has 1 aromatic carbocycles. The number of allylic oxidation sites excluding steroid dienone is 1. The molecule has 1 aliphatic carbocycles. The van der Waals surface area contributed by atoms with Crippen LogP contribution in [0, 0.1) is 5.41 Å². The third kappa shape index (κ3) is 2.75. The molecule has 2 N–H and O–H groups in total. The molecule has 0 saturated carbocycles. The van der Waals surface area contributed by atoms with E-state index in [1.807, 2.05) is 24.3 Å². The van der Waals surface area contributed by atoms with Crippen LogP contribution in [0.2, 0.25) is 0 Å². The summed E-state index contributed by atoms with van der Waals surface area (Å²) in [6.45, 7) is 4.19. The number of hydrogen-bond donors (Lipinski definition) is 2. The van der Waals surface area contributed by atoms with Gasteiger partial charge in [0.25, 0.3) is 0 Å². The molecule has 0 fully saturated rings. The third-order valence-corrected chi connectivity index (χ3v) is 4.67. The first-order valence-electron chi connectivity index (χ1n) is 8.23. The summed E-state index contributed by atoms with van der Waals surface area (Å²) in [4.78, 5) is 13.0. The van der Waals surface area contributed by atoms with Gasteiger partial charge in [0, 0.05) is 17.7 Å². The highest BCUT2D eigenvalue weighted by Gasteiger charge is 2.39. The fraction of sp³-hybridized carbons (Fsp3) is 0.389. The molecule has 7 heteroatoms. The summed E-state index contributed by atoms with van der Waals surface area (Å²) in [6, 6.07) is 7.34. The summed E-state index contributed by atoms with van der Waals surface area (Å²) in [5.74, 6) is 1.86. The number of methoxy groups -OCH3 is 1. The van der Waals surface area contributed by atoms with Gasteiger partial charge < -0.3 is 15.4 Å². The van der Waals surface area contributed by atoms with Gasteiger partial charge in [0.2, 0.25) is 11.6 Å². The van der Waals surface area contributed by atoms with Gasteiger partial charge >= 0.3 is 0 Å². The molecule has 1 aliphatic heterocycles. The highest BCUT2D eigenvalue weighted by molar-refractivity contribution is 6.00. The minimum atomic E-state index is -0.339. The van der Waals surface area contributed by atoms with Crippen molar-refractivity contribution in [1.29, 1.82) is 0 Å². The fourth-order valence-corrected chi connectivity index (χ4v) is 3.57. The van der Waals surface area contributed by atoms with Gasteiger partial charge in [0.1, 0.15) is 5.75 Å². The number of carbonyl (C=O) groups is 1. The Morgan fingerprint density at radius 3 is 2.84 bits per heavy atom. The number of nitrogens with one attached hydrogen (secondary N) is 2. The predicted molar refractivity (Wildman–Crippen MR) is 92.3 cm³/mol. The van der Waals surface area contributed by atoms with Crippen molar-refractivity contribution in [2.75, 3.05) is 17.7 Å². The zero-order chi connectivity index (χ0) is 17.6. The van der Waals surface area contributed by atoms with E-state index in [1.165, 1.54) is 0 Å². The van der Waals surface area contributed by atoms with Crippen LogP contribution in [0.5, 0.6) is 5.75 Å². The van der Waals surface area contributed by atoms with E-state index >= 15 is 0 Å². The topological polar surface area (TPSA) is 89.3 Å². The molecule has 25 heavy (non-hydrogen) atoms. The van der Waals surface area contributed by atoms with E-state index in [0.29, 0.717) is 18.1 Å². The lowest BCUT2D eigenvalue weighted by atomic mass is 9.73. The van der Waals surface area contributed by atoms with Gasteiger partial charge in [-0.15, -0.1) is 0 Å². The fourth-order valence-electron chi connectivity index (χ4n) is 3.57. The van der Waals surface area contributed by atoms with Crippen LogP contribution in [0.25, 0.3) is 0 Å². The summed E-state index contributed by atoms with van der Waals surface area (Å²) in [5, 5.41) is 14.4. The molecule has 7 nitrogen and oxygen atoms in total. The SMILES string of the molecule is COc1cccc(C2Nc3nonc3NC3=C2C(=O)CC(C)(C)C3)c1. The first kappa shape index (κ1) is 15.7. The third-order valence-electron chi connectivity index (χ3n) is 4.67. The van der Waals surface area contributed by atoms with Crippen LogP contribution in [0.3, 0.4) is 0 Å². The lowest BCUT2D eigenvalue weighted by Gasteiger charge is -2.34. The van der Waals surface area contributed by atoms with E-state index < -0.39 is 0 Å². The first-order chi connectivity index (χ1) is 12.0. The number of Topliss-reactive ketones (excluding diaryl/α,β-unsaturated/α-hetero) is 1. The standard InChI is InChI=1S/C18H20N4O3/c1-18(2)8-12-14(13(23)9-18)15(10-5-4-6-11(7-10)24-3)20-17-16(19-12)21-25-22-17/h4-7,15H,8-9H2,1-3H3,(H,19,21)(H,20,22). The van der Waals surface area contributed by atoms with Gasteiger partial charge in [-0.25, -0.2) is 4.63 Å². The van der Waals surface area contributed by atoms with Crippen LogP contribution in [0.1, 0.15) is 38.3 Å². The summed E-state index contributed by atoms with van der Waals surface area (Å²) >= 11 is 0. The molecule has 0 bridgehead atoms. The molecule has 130 valence electrons. The van der Waals surface area contributed by atoms with Crippen molar-refractivity contribution in [3.8, 4) is 5.75 Å². The number of hydrogen-bond acceptors (Lipinski definition) is 7. The Bertz CT molecular complexity index is 869. The minimum absolute atomic E-state index is 0.108. The summed E-state index contributed by atoms with van der Waals surface area (Å²) in [6.07, 6.45) is 1.26. The molecule has 2 aromatic rings. The maximum Gasteiger partial charge on any atom is 0.219 e. The summed E-state index contributed by atoms with van der Waals surface area (Å²) in [7, 11) is 1.62. The number of ether oxygens (including phenoxy) is 1. The second kappa shape index (κ2) is 5.61. The van der Waals surface area contributed by atoms with Gasteiger partial charge in [0.05, 0.1) is 13.2 Å². The smallest absolute Gasteiger partial charge is 0.219 e. The molecule has 0 amide bonds. The van der Waals surface area contributed by atoms with E-state index in [1.54, 1.807) is 7.11 Å². The van der Waals surface area contributed by atoms with Crippen LogP contribution in [0.15, 0.2) is 40.2 Å². The van der Waals surface area contributed by atoms with Crippen molar-refractivity contribution in [3.63, 3.8) is 0 Å². The van der Waals surface area contributed by atoms with Crippen molar-refractivity contribution in [1.82, 2.24) is 10.3 Å². The number of fused-ring (bicyclic) bond motifs is 1. The number of anilines is 2. The van der Waals surface area contributed by atoms with Crippen LogP contribution in [0.4, 0.5) is 11.6 Å². The van der Waals surface area contributed by atoms with Crippen LogP contribution in [-0.4, -0.2) is 23.2 Å². The van der Waals surface area contributed by atoms with Gasteiger partial charge in [-0.2, -0.15) is 0 Å². The second-order valence-electron chi connectivity index (χ2n) is 7.27. The molecule has 0 spiro atoms. The maximum absolute atomic E-state index is 13.0. The average molecular weight is 340 g/mol. The molecule has 0 saturated heterocycles. The van der Waals surface area contributed by atoms with Crippen LogP contribution in [-0.2, 0) is 4.79 Å². The Morgan fingerprint density at radius 2 is 2.04 bits per heavy atom. The van der Waals surface area contributed by atoms with Crippen molar-refractivity contribution in [2.45, 2.75) is 32.7 Å². The van der Waals surface area contributed by atoms with E-state index in [-0.39, 0.29) is 17.2 Å². The van der Waals surface area contributed by atoms with Gasteiger partial charge in [-0.3, -0.25) is 4.79 Å². The van der Waals surface area contributed by atoms with E-state index in [9.17, 15) is 4.79 Å². The number of benzene rings is 1. The normalized spacial score (nSPS) is 21.6. The lowest BCUT2D eigenvalue weighted by molar-refractivity contribution is -0.118. The van der Waals surface area contributed by atoms with E-state index in [4.69, 9.17) is 9.37 Å². The lowest BCUT2D eigenvalue weighted by Crippen LogP contribution is -2.31. The van der Waals surface area contributed by atoms with Crippen LogP contribution < -0.4 is 15.4 Å². The Kier molecular flexibility index (Phi) is 3.52. The Hall–Kier alpha value is -2.83. The molecule has 1 atom stereocenters. The largest absolute Gasteiger partial charge is 0.497 e. The van der Waals surface area contributed by atoms with Crippen LogP contribution >= 0.6 is 0 Å². The monoisotopic (exact) mass is 340 g/mol. The predicted octanol–water partition coefficient (Wildman–Crippen LogP) is 3.30. The highest BCUT2D eigenvalue weighted by atomic mass is 16.6. The van der Waals surface area contributed by atoms with E-state index in [0.717, 1.165) is 29.0 Å². The van der Waals surface area contributed by atoms with Crippen molar-refractivity contribution >= 4 is 17.4 Å². The number of ketones is 1. The zero-order valence-electron chi connectivity index (χ0n) is 14.4. The van der Waals surface area contributed by atoms with Gasteiger partial charge in [0.15, 0.2) is 5.78 Å². The molecule has 1 unspecified atom stereocenters. The Morgan fingerprint density at radius 1 is 1.24 bits per heavy atom. The molecule has 2 aliphatic rings. The van der Waals surface area contributed by atoms with Gasteiger partial charge in [-0.05, 0) is 39.8 Å². The first-order valence-corrected chi connectivity index (χ1v) is 8.23. The van der Waals surface area contributed by atoms with Crippen molar-refractivity contribution < 1.29 is 14.2 Å². The molecule has 0 radical (unpaired) electrons. The Balaban J connectivity index is 1.87. The quantitative estimate of drug-likeness (QED) is 0.867. The number of aromatic nitrogens is 2. The van der Waals surface area contributed by atoms with Crippen molar-refractivity contribution in [3.05, 3.63) is 41.1 Å². The summed E-state index contributed by atoms with van der Waals surface area (Å²) in [5.41, 5.74) is 2.42. The average Bonchev–Trinajstić information content (AvgIpc) is 2.93. The molecular weight excluding hydrogens is 320 g/mol. The molecular formula is C18H20N4O3. The van der Waals surface area contributed by atoms with Gasteiger partial charge in [-0.1, -0.05) is 26.0 Å². The number of nitrogens with zero attached hydrogens (tertiary/aromatic N) is 2. The summed E-state index contributed by atoms with van der Waals surface area (Å²) < 4.78 is 10.2. The highest BCUT2D eigenvalue weighted by Crippen LogP contribution is 2.44. The minimum Gasteiger partial charge on any atom is -0.497 e. The molecule has 2 heterocycles. The Labute approximate surface area is 145 Å². The van der Waals surface area contributed by atoms with E-state index in [2.05, 4.69) is 34.8 Å². The maximum atomic E-state index is 13.0. The number of carbonyl (C=O) groups excluding carboxylic acids is 1. The van der Waals surface area contributed by atoms with Crippen molar-refractivity contribution in [2.24, 2.45) is 5.41 Å². The molecule has 1 aromatic heterocycles. The zero-order valence-corrected chi connectivity index (χ0v) is 14.4. The second-order valence-corrected chi connectivity index (χ2v) is 7.27. The molecule has 4 rings (SSSR count).